The summed E-state index contributed by atoms with van der Waals surface area (Å²) in [6, 6.07) is 119. The van der Waals surface area contributed by atoms with Crippen LogP contribution in [0, 0.1) is 6.92 Å². The highest BCUT2D eigenvalue weighted by molar-refractivity contribution is 6.29. The maximum atomic E-state index is 15.4. The summed E-state index contributed by atoms with van der Waals surface area (Å²) in [4.78, 5) is 30.6. The summed E-state index contributed by atoms with van der Waals surface area (Å²) in [5.41, 5.74) is 41.6. The summed E-state index contributed by atoms with van der Waals surface area (Å²) >= 11 is 0. The Morgan fingerprint density at radius 2 is 0.433 bits per heavy atom. The first-order valence-corrected chi connectivity index (χ1v) is 54.1. The smallest absolute Gasteiger partial charge is 0.267 e. The number of rotatable bonds is 35. The Bertz CT molecular complexity index is 8170. The Morgan fingerprint density at radius 1 is 0.199 bits per heavy atom. The molecule has 141 heavy (non-hydrogen) atoms. The fourth-order valence-electron chi connectivity index (χ4n) is 26.7. The number of benzene rings is 17. The molecule has 4 aliphatic carbocycles. The second-order valence-corrected chi connectivity index (χ2v) is 43.7. The monoisotopic (exact) mass is 1840 g/mol. The predicted molar refractivity (Wildman–Crippen MR) is 602 cm³/mol. The minimum atomic E-state index is -0.306. The molecule has 19 aromatic rings. The Hall–Kier alpha value is -13.3. The molecule has 2 heterocycles. The van der Waals surface area contributed by atoms with Crippen molar-refractivity contribution in [1.29, 1.82) is 0 Å². The predicted octanol–water partition coefficient (Wildman–Crippen LogP) is 38.2. The molecule has 23 rings (SSSR count). The molecule has 0 aliphatic heterocycles. The lowest BCUT2D eigenvalue weighted by Crippen LogP contribution is -2.25. The highest BCUT2D eigenvalue weighted by Crippen LogP contribution is 2.60. The SMILES string of the molecule is CCCCCCCCC1(CCCCCCCC)c2ccccc2-c2ccc(-c3ccc4c(c3)C(C)(C)c3cc(-c5ccc(-c6ccc7c(c6)C(CCCCCCCC)(CCCCCCCC)c6cc(-c8ccc9c(c8)C(C)(C)c8cc(-c%10ccc(-c%11ccc%12c(c%11)c%11ccccc%11c%11c%12c(=O)n%12c(=O)c%13c%14ccc(-c%15ccc(C)cc%15)cc%14c%14ccccc%14c%13n%11%12)cc%10)ccc8-9)ccc6-7)cc5)ccc3-4)cc21. The van der Waals surface area contributed by atoms with Gasteiger partial charge in [0.1, 0.15) is 0 Å². The van der Waals surface area contributed by atoms with Gasteiger partial charge in [0.2, 0.25) is 0 Å². The normalized spacial score (nSPS) is 14.2. The number of hydrogen-bond donors (Lipinski definition) is 0. The maximum absolute atomic E-state index is 15.4. The molecule has 0 bridgehead atoms. The average molecular weight is 1840 g/mol. The molecule has 0 saturated carbocycles. The molecule has 0 radical (unpaired) electrons. The zero-order valence-corrected chi connectivity index (χ0v) is 84.5. The first kappa shape index (κ1) is 91.5. The molecule has 0 spiro atoms. The number of aromatic nitrogens is 2. The summed E-state index contributed by atoms with van der Waals surface area (Å²) in [6.45, 7) is 21.3. The summed E-state index contributed by atoms with van der Waals surface area (Å²) < 4.78 is 3.35. The van der Waals surface area contributed by atoms with Crippen molar-refractivity contribution in [3.63, 3.8) is 0 Å². The third-order valence-corrected chi connectivity index (χ3v) is 34.4. The zero-order chi connectivity index (χ0) is 96.0. The number of aryl methyl sites for hydroxylation is 1. The van der Waals surface area contributed by atoms with Crippen LogP contribution in [0.3, 0.4) is 0 Å². The van der Waals surface area contributed by atoms with Crippen molar-refractivity contribution in [3.05, 3.63) is 380 Å². The van der Waals surface area contributed by atoms with Gasteiger partial charge in [0.25, 0.3) is 11.1 Å². The lowest BCUT2D eigenvalue weighted by atomic mass is 9.70. The Morgan fingerprint density at radius 3 is 0.759 bits per heavy atom. The molecule has 0 N–H and O–H groups in total. The van der Waals surface area contributed by atoms with E-state index in [-0.39, 0.29) is 32.8 Å². The molecule has 0 atom stereocenters. The minimum Gasteiger partial charge on any atom is -0.267 e. The van der Waals surface area contributed by atoms with Crippen LogP contribution in [-0.4, -0.2) is 9.03 Å². The third-order valence-electron chi connectivity index (χ3n) is 34.4. The lowest BCUT2D eigenvalue weighted by Gasteiger charge is -2.33. The lowest BCUT2D eigenvalue weighted by molar-refractivity contribution is 0.398. The fourth-order valence-corrected chi connectivity index (χ4v) is 26.7. The van der Waals surface area contributed by atoms with E-state index in [0.717, 1.165) is 94.8 Å². The van der Waals surface area contributed by atoms with Crippen LogP contribution >= 0.6 is 0 Å². The molecule has 4 nitrogen and oxygen atoms in total. The third kappa shape index (κ3) is 15.7. The molecule has 0 amide bonds. The maximum Gasteiger partial charge on any atom is 0.283 e. The van der Waals surface area contributed by atoms with Crippen LogP contribution in [-0.2, 0) is 21.7 Å². The van der Waals surface area contributed by atoms with Crippen LogP contribution in [0.15, 0.2) is 319 Å². The summed E-state index contributed by atoms with van der Waals surface area (Å²) in [5.74, 6) is 0. The van der Waals surface area contributed by atoms with Crippen LogP contribution in [0.2, 0.25) is 0 Å². The highest BCUT2D eigenvalue weighted by Gasteiger charge is 2.46. The Kier molecular flexibility index (Phi) is 24.4. The molecule has 17 aromatic carbocycles. The number of unbranched alkanes of at least 4 members (excludes halogenated alkanes) is 20. The van der Waals surface area contributed by atoms with Crippen LogP contribution in [0.5, 0.6) is 0 Å². The van der Waals surface area contributed by atoms with E-state index in [9.17, 15) is 0 Å². The van der Waals surface area contributed by atoms with Crippen molar-refractivity contribution in [2.24, 2.45) is 0 Å². The summed E-state index contributed by atoms with van der Waals surface area (Å²) in [7, 11) is 0. The van der Waals surface area contributed by atoms with Crippen LogP contribution in [0.4, 0.5) is 0 Å². The number of fused-ring (bicyclic) bond motifs is 27. The van der Waals surface area contributed by atoms with Gasteiger partial charge in [-0.05, 0) is 286 Å². The van der Waals surface area contributed by atoms with Crippen molar-refractivity contribution < 1.29 is 0 Å². The van der Waals surface area contributed by atoms with Crippen molar-refractivity contribution in [1.82, 2.24) is 9.03 Å². The molecular formula is C137H134N2O2. The molecular weight excluding hydrogens is 1710 g/mol. The Labute approximate surface area is 834 Å². The van der Waals surface area contributed by atoms with Crippen molar-refractivity contribution >= 4 is 64.9 Å². The van der Waals surface area contributed by atoms with E-state index in [1.54, 1.807) is 11.1 Å². The Balaban J connectivity index is 0.521. The van der Waals surface area contributed by atoms with E-state index < -0.39 is 0 Å². The van der Waals surface area contributed by atoms with Gasteiger partial charge in [-0.3, -0.25) is 9.59 Å². The molecule has 0 saturated heterocycles. The molecule has 4 heteroatoms. The van der Waals surface area contributed by atoms with Crippen molar-refractivity contribution in [2.45, 2.75) is 264 Å². The van der Waals surface area contributed by atoms with Gasteiger partial charge < -0.3 is 0 Å². The van der Waals surface area contributed by atoms with Gasteiger partial charge in [-0.2, -0.15) is 4.52 Å². The molecule has 704 valence electrons. The van der Waals surface area contributed by atoms with Gasteiger partial charge in [-0.25, -0.2) is 4.52 Å². The van der Waals surface area contributed by atoms with Gasteiger partial charge in [-0.15, -0.1) is 0 Å². The van der Waals surface area contributed by atoms with Gasteiger partial charge in [0.05, 0.1) is 21.8 Å². The first-order valence-electron chi connectivity index (χ1n) is 54.1. The highest BCUT2D eigenvalue weighted by atomic mass is 16.2. The largest absolute Gasteiger partial charge is 0.283 e. The van der Waals surface area contributed by atoms with E-state index in [0.29, 0.717) is 10.8 Å². The first-order chi connectivity index (χ1) is 69.0. The van der Waals surface area contributed by atoms with E-state index in [1.807, 2.05) is 16.6 Å². The average Bonchev–Trinajstić information content (AvgIpc) is 1.51. The van der Waals surface area contributed by atoms with Gasteiger partial charge in [-0.1, -0.05) is 470 Å². The van der Waals surface area contributed by atoms with Crippen molar-refractivity contribution in [2.75, 3.05) is 0 Å². The molecule has 2 aromatic heterocycles. The standard InChI is InChI=1S/C137H134N2O2/c1-10-14-18-22-26-36-76-136(77-37-27-23-19-15-11-2)120-45-35-34-42-106(120)111-72-63-102(87-125(111)136)100-61-69-109-108-68-59-98(83-122(108)134(6,7)123(109)84-100)93-54-56-94(57-55-93)99-60-71-112-113-73-64-103(88-127(113)137(126(112)86-99,78-38-28-24-20-16-12-3)79-39-29-25-21-17-13-4)101-62-70-110-107-67-58-97(82-121(107)135(8,9)124(110)85-101)92-52-50-91(51-53-92)96-66-75-115-119(81-96)105-41-31-33-44-117(105)131-129(115)133(141)139-132(140)128-114-74-65-95(90-48-46-89(5)47-49-90)80-118(114)104-40-30-32-43-116(104)130(128)138(131)139/h30-35,40-75,80-88H,10-29,36-39,76-79H2,1-9H3. The van der Waals surface area contributed by atoms with E-state index in [2.05, 4.69) is 360 Å². The number of nitrogens with zero attached hydrogens (tertiary/aromatic N) is 2. The fraction of sp³-hybridized carbons (Fsp3) is 0.299. The number of hydrogen-bond acceptors (Lipinski definition) is 2. The van der Waals surface area contributed by atoms with Crippen molar-refractivity contribution in [3.8, 4) is 122 Å². The van der Waals surface area contributed by atoms with E-state index in [4.69, 9.17) is 0 Å². The quantitative estimate of drug-likeness (QED) is 0.0293. The van der Waals surface area contributed by atoms with Crippen LogP contribution in [0.1, 0.15) is 285 Å². The second-order valence-electron chi connectivity index (χ2n) is 43.7. The second kappa shape index (κ2) is 37.6. The van der Waals surface area contributed by atoms with Crippen LogP contribution in [0.25, 0.3) is 187 Å². The zero-order valence-electron chi connectivity index (χ0n) is 84.5. The van der Waals surface area contributed by atoms with E-state index in [1.165, 1.54) is 305 Å². The van der Waals surface area contributed by atoms with Crippen LogP contribution < -0.4 is 11.1 Å². The molecule has 0 fully saturated rings. The van der Waals surface area contributed by atoms with E-state index >= 15 is 9.59 Å². The molecule has 0 unspecified atom stereocenters. The molecule has 4 aliphatic rings. The van der Waals surface area contributed by atoms with Gasteiger partial charge in [0.15, 0.2) is 0 Å². The van der Waals surface area contributed by atoms with Gasteiger partial charge >= 0.3 is 0 Å². The van der Waals surface area contributed by atoms with Gasteiger partial charge in [0, 0.05) is 32.4 Å². The summed E-state index contributed by atoms with van der Waals surface area (Å²) in [6.07, 6.45) is 35.9. The minimum absolute atomic E-state index is 0.0452. The summed E-state index contributed by atoms with van der Waals surface area (Å²) in [5, 5.41) is 8.67. The topological polar surface area (TPSA) is 43.0 Å².